The highest BCUT2D eigenvalue weighted by atomic mass is 16.5. The number of aromatic nitrogens is 3. The van der Waals surface area contributed by atoms with E-state index in [1.165, 1.54) is 10.9 Å². The Labute approximate surface area is 151 Å². The van der Waals surface area contributed by atoms with E-state index in [4.69, 9.17) is 9.84 Å². The quantitative estimate of drug-likeness (QED) is 0.810. The smallest absolute Gasteiger partial charge is 0.325 e. The minimum absolute atomic E-state index is 0.0944. The standard InChI is InChI=1S/C18H22N4O4/c1-12-4-6-13(7-5-12)17-15(3-2-8-26-17)18(25)19-9-14-10-22(21-20-14)11-16(23)24/h4-7,10,15,17H,2-3,8-9,11H2,1H3,(H,19,25)(H,23,24). The first kappa shape index (κ1) is 18.1. The van der Waals surface area contributed by atoms with Gasteiger partial charge in [0, 0.05) is 6.61 Å². The molecule has 8 heteroatoms. The number of aliphatic carboxylic acids is 1. The van der Waals surface area contributed by atoms with Gasteiger partial charge in [-0.2, -0.15) is 0 Å². The first-order valence-electron chi connectivity index (χ1n) is 8.59. The molecule has 1 amide bonds. The normalized spacial score (nSPS) is 19.9. The highest BCUT2D eigenvalue weighted by molar-refractivity contribution is 5.79. The van der Waals surface area contributed by atoms with Crippen LogP contribution in [0.15, 0.2) is 30.5 Å². The Balaban J connectivity index is 1.62. The van der Waals surface area contributed by atoms with Gasteiger partial charge >= 0.3 is 5.97 Å². The Hall–Kier alpha value is -2.74. The summed E-state index contributed by atoms with van der Waals surface area (Å²) in [6.07, 6.45) is 2.86. The zero-order valence-electron chi connectivity index (χ0n) is 14.6. The van der Waals surface area contributed by atoms with E-state index >= 15 is 0 Å². The second kappa shape index (κ2) is 8.09. The SMILES string of the molecule is Cc1ccc(C2OCCCC2C(=O)NCc2cn(CC(=O)O)nn2)cc1. The minimum atomic E-state index is -0.995. The summed E-state index contributed by atoms with van der Waals surface area (Å²) < 4.78 is 7.10. The van der Waals surface area contributed by atoms with Crippen LogP contribution in [0.3, 0.4) is 0 Å². The average molecular weight is 358 g/mol. The summed E-state index contributed by atoms with van der Waals surface area (Å²) in [6.45, 7) is 2.61. The van der Waals surface area contributed by atoms with E-state index in [2.05, 4.69) is 15.6 Å². The van der Waals surface area contributed by atoms with Crippen molar-refractivity contribution in [2.45, 2.75) is 39.0 Å². The number of aryl methyl sites for hydroxylation is 1. The molecule has 1 saturated heterocycles. The number of nitrogens with one attached hydrogen (secondary N) is 1. The minimum Gasteiger partial charge on any atom is -0.480 e. The number of hydrogen-bond donors (Lipinski definition) is 2. The molecular formula is C18H22N4O4. The van der Waals surface area contributed by atoms with E-state index in [1.54, 1.807) is 0 Å². The monoisotopic (exact) mass is 358 g/mol. The van der Waals surface area contributed by atoms with E-state index in [1.807, 2.05) is 31.2 Å². The van der Waals surface area contributed by atoms with Gasteiger partial charge < -0.3 is 15.2 Å². The topological polar surface area (TPSA) is 106 Å². The number of amides is 1. The van der Waals surface area contributed by atoms with Gasteiger partial charge in [0.05, 0.1) is 24.8 Å². The van der Waals surface area contributed by atoms with E-state index in [-0.39, 0.29) is 31.0 Å². The number of carboxylic acids is 1. The van der Waals surface area contributed by atoms with Gasteiger partial charge in [0.2, 0.25) is 5.91 Å². The average Bonchev–Trinajstić information content (AvgIpc) is 3.07. The van der Waals surface area contributed by atoms with Crippen LogP contribution in [0.4, 0.5) is 0 Å². The number of rotatable bonds is 6. The number of carbonyl (C=O) groups is 2. The van der Waals surface area contributed by atoms with Crippen LogP contribution in [-0.4, -0.2) is 38.6 Å². The molecule has 1 aliphatic heterocycles. The van der Waals surface area contributed by atoms with Gasteiger partial charge in [0.15, 0.2) is 0 Å². The third-order valence-corrected chi connectivity index (χ3v) is 4.39. The van der Waals surface area contributed by atoms with Crippen LogP contribution in [0.25, 0.3) is 0 Å². The number of benzene rings is 1. The fourth-order valence-electron chi connectivity index (χ4n) is 3.08. The number of carboxylic acid groups (broad SMARTS) is 1. The molecule has 0 saturated carbocycles. The van der Waals surface area contributed by atoms with Gasteiger partial charge in [-0.1, -0.05) is 35.0 Å². The number of ether oxygens (including phenoxy) is 1. The molecule has 1 fully saturated rings. The van der Waals surface area contributed by atoms with Crippen LogP contribution in [-0.2, 0) is 27.4 Å². The van der Waals surface area contributed by atoms with Gasteiger partial charge in [0.25, 0.3) is 0 Å². The number of nitrogens with zero attached hydrogens (tertiary/aromatic N) is 3. The van der Waals surface area contributed by atoms with Crippen molar-refractivity contribution in [3.63, 3.8) is 0 Å². The maximum absolute atomic E-state index is 12.7. The van der Waals surface area contributed by atoms with Crippen molar-refractivity contribution in [2.24, 2.45) is 5.92 Å². The molecule has 2 heterocycles. The summed E-state index contributed by atoms with van der Waals surface area (Å²) in [5.41, 5.74) is 2.68. The molecule has 26 heavy (non-hydrogen) atoms. The van der Waals surface area contributed by atoms with E-state index in [0.29, 0.717) is 12.3 Å². The van der Waals surface area contributed by atoms with E-state index < -0.39 is 5.97 Å². The Morgan fingerprint density at radius 2 is 2.12 bits per heavy atom. The molecule has 2 unspecified atom stereocenters. The van der Waals surface area contributed by atoms with Crippen molar-refractivity contribution in [2.75, 3.05) is 6.61 Å². The second-order valence-corrected chi connectivity index (χ2v) is 6.47. The maximum atomic E-state index is 12.7. The molecule has 0 bridgehead atoms. The summed E-state index contributed by atoms with van der Waals surface area (Å²) in [7, 11) is 0. The molecule has 8 nitrogen and oxygen atoms in total. The highest BCUT2D eigenvalue weighted by Gasteiger charge is 2.33. The number of hydrogen-bond acceptors (Lipinski definition) is 5. The molecule has 0 radical (unpaired) electrons. The van der Waals surface area contributed by atoms with Crippen LogP contribution in [0.1, 0.15) is 35.8 Å². The fourth-order valence-corrected chi connectivity index (χ4v) is 3.08. The maximum Gasteiger partial charge on any atom is 0.325 e. The summed E-state index contributed by atoms with van der Waals surface area (Å²) in [5, 5.41) is 19.2. The van der Waals surface area contributed by atoms with E-state index in [9.17, 15) is 9.59 Å². The van der Waals surface area contributed by atoms with Gasteiger partial charge in [-0.05, 0) is 25.3 Å². The molecule has 2 aromatic rings. The molecule has 2 atom stereocenters. The van der Waals surface area contributed by atoms with Crippen molar-refractivity contribution in [1.82, 2.24) is 20.3 Å². The number of carbonyl (C=O) groups excluding carboxylic acids is 1. The molecule has 3 rings (SSSR count). The largest absolute Gasteiger partial charge is 0.480 e. The second-order valence-electron chi connectivity index (χ2n) is 6.47. The van der Waals surface area contributed by atoms with Crippen molar-refractivity contribution in [1.29, 1.82) is 0 Å². The van der Waals surface area contributed by atoms with Crippen LogP contribution in [0.5, 0.6) is 0 Å². The molecular weight excluding hydrogens is 336 g/mol. The third kappa shape index (κ3) is 4.45. The lowest BCUT2D eigenvalue weighted by molar-refractivity contribution is -0.138. The van der Waals surface area contributed by atoms with Gasteiger partial charge in [-0.15, -0.1) is 5.10 Å². The van der Waals surface area contributed by atoms with Crippen molar-refractivity contribution < 1.29 is 19.4 Å². The highest BCUT2D eigenvalue weighted by Crippen LogP contribution is 2.33. The van der Waals surface area contributed by atoms with Gasteiger partial charge in [0.1, 0.15) is 12.2 Å². The molecule has 1 aromatic carbocycles. The van der Waals surface area contributed by atoms with Crippen LogP contribution < -0.4 is 5.32 Å². The van der Waals surface area contributed by atoms with Crippen LogP contribution in [0.2, 0.25) is 0 Å². The summed E-state index contributed by atoms with van der Waals surface area (Å²) in [5.74, 6) is -1.35. The van der Waals surface area contributed by atoms with Crippen LogP contribution in [0, 0.1) is 12.8 Å². The van der Waals surface area contributed by atoms with E-state index in [0.717, 1.165) is 24.0 Å². The van der Waals surface area contributed by atoms with Crippen molar-refractivity contribution in [3.8, 4) is 0 Å². The Kier molecular flexibility index (Phi) is 5.62. The lowest BCUT2D eigenvalue weighted by Gasteiger charge is -2.31. The Morgan fingerprint density at radius 3 is 2.85 bits per heavy atom. The first-order valence-corrected chi connectivity index (χ1v) is 8.59. The van der Waals surface area contributed by atoms with Crippen molar-refractivity contribution >= 4 is 11.9 Å². The predicted octanol–water partition coefficient (Wildman–Crippen LogP) is 1.46. The van der Waals surface area contributed by atoms with Crippen molar-refractivity contribution in [3.05, 3.63) is 47.3 Å². The Bertz CT molecular complexity index is 772. The van der Waals surface area contributed by atoms with Crippen LogP contribution >= 0.6 is 0 Å². The molecule has 2 N–H and O–H groups in total. The lowest BCUT2D eigenvalue weighted by atomic mass is 9.88. The molecule has 0 aliphatic carbocycles. The summed E-state index contributed by atoms with van der Waals surface area (Å²) in [4.78, 5) is 23.3. The molecule has 138 valence electrons. The zero-order chi connectivity index (χ0) is 18.5. The predicted molar refractivity (Wildman–Crippen MR) is 92.1 cm³/mol. The third-order valence-electron chi connectivity index (χ3n) is 4.39. The molecule has 1 aliphatic rings. The lowest BCUT2D eigenvalue weighted by Crippen LogP contribution is -2.37. The fraction of sp³-hybridized carbons (Fsp3) is 0.444. The zero-order valence-corrected chi connectivity index (χ0v) is 14.6. The van der Waals surface area contributed by atoms with Gasteiger partial charge in [-0.3, -0.25) is 9.59 Å². The summed E-state index contributed by atoms with van der Waals surface area (Å²) >= 11 is 0. The van der Waals surface area contributed by atoms with Gasteiger partial charge in [-0.25, -0.2) is 4.68 Å². The molecule has 1 aromatic heterocycles. The Morgan fingerprint density at radius 1 is 1.35 bits per heavy atom. The molecule has 0 spiro atoms. The first-order chi connectivity index (χ1) is 12.5. The summed E-state index contributed by atoms with van der Waals surface area (Å²) in [6, 6.07) is 8.04.